The molecular formula is C8H14Cl2Pd2. The molecule has 12 heavy (non-hydrogen) atoms. The molecule has 0 unspecified atom stereocenters. The van der Waals surface area contributed by atoms with E-state index in [0.717, 1.165) is 0 Å². The summed E-state index contributed by atoms with van der Waals surface area (Å²) in [4.78, 5) is 0. The molecule has 80 valence electrons. The molecule has 0 bridgehead atoms. The smallest absolute Gasteiger partial charge is 1.00 e. The Morgan fingerprint density at radius 3 is 0.917 bits per heavy atom. The van der Waals surface area contributed by atoms with Crippen molar-refractivity contribution in [1.29, 1.82) is 0 Å². The van der Waals surface area contributed by atoms with E-state index in [0.29, 0.717) is 0 Å². The molecular weight excluding hydrogens is 380 g/mol. The van der Waals surface area contributed by atoms with Crippen molar-refractivity contribution >= 4 is 0 Å². The maximum absolute atomic E-state index is 3.42. The second-order valence-electron chi connectivity index (χ2n) is 1.14. The van der Waals surface area contributed by atoms with E-state index in [1.54, 1.807) is 12.2 Å². The van der Waals surface area contributed by atoms with Gasteiger partial charge >= 0.3 is 40.8 Å². The Labute approximate surface area is 117 Å². The van der Waals surface area contributed by atoms with Crippen LogP contribution < -0.4 is 24.8 Å². The average molecular weight is 394 g/mol. The van der Waals surface area contributed by atoms with E-state index in [4.69, 9.17) is 0 Å². The van der Waals surface area contributed by atoms with Gasteiger partial charge in [0.25, 0.3) is 0 Å². The SMILES string of the molecule is C=C[CH-]C.C=C[CH-]C.[Cl-].[Cl-].[Pd+2].[Pd+2]. The van der Waals surface area contributed by atoms with Crippen LogP contribution in [0.25, 0.3) is 0 Å². The number of allylic oxidation sites excluding steroid dienone is 2. The minimum Gasteiger partial charge on any atom is -1.00 e. The summed E-state index contributed by atoms with van der Waals surface area (Å²) in [6, 6.07) is 0. The van der Waals surface area contributed by atoms with E-state index in [1.807, 2.05) is 26.7 Å². The van der Waals surface area contributed by atoms with Crippen molar-refractivity contribution in [2.75, 3.05) is 0 Å². The molecule has 0 spiro atoms. The Morgan fingerprint density at radius 1 is 0.833 bits per heavy atom. The first kappa shape index (κ1) is 38.0. The Morgan fingerprint density at radius 2 is 0.917 bits per heavy atom. The standard InChI is InChI=1S/2C4H7.2ClH.2Pd/c2*1-3-4-2;;;;/h2*3-4H,1H2,2H3;2*1H;;/q2*-1;;;2*+2/p-2. The van der Waals surface area contributed by atoms with Crippen LogP contribution in [0.1, 0.15) is 13.8 Å². The van der Waals surface area contributed by atoms with Crippen molar-refractivity contribution in [3.63, 3.8) is 0 Å². The molecule has 4 heteroatoms. The summed E-state index contributed by atoms with van der Waals surface area (Å²) in [5.74, 6) is 0. The van der Waals surface area contributed by atoms with Gasteiger partial charge in [0.1, 0.15) is 0 Å². The summed E-state index contributed by atoms with van der Waals surface area (Å²) in [7, 11) is 0. The van der Waals surface area contributed by atoms with Crippen LogP contribution in [0.3, 0.4) is 0 Å². The summed E-state index contributed by atoms with van der Waals surface area (Å²) < 4.78 is 0. The number of hydrogen-bond donors (Lipinski definition) is 0. The van der Waals surface area contributed by atoms with Gasteiger partial charge in [-0.2, -0.15) is 0 Å². The molecule has 0 amide bonds. The summed E-state index contributed by atoms with van der Waals surface area (Å²) in [5.41, 5.74) is 0. The van der Waals surface area contributed by atoms with Crippen molar-refractivity contribution in [3.8, 4) is 0 Å². The Bertz CT molecular complexity index is 51.0. The van der Waals surface area contributed by atoms with Gasteiger partial charge in [-0.3, -0.25) is 0 Å². The van der Waals surface area contributed by atoms with Gasteiger partial charge in [-0.25, -0.2) is 38.2 Å². The largest absolute Gasteiger partial charge is 2.00 e. The Hall–Kier alpha value is 1.12. The molecule has 0 aromatic rings. The number of hydrogen-bond acceptors (Lipinski definition) is 0. The quantitative estimate of drug-likeness (QED) is 0.342. The minimum absolute atomic E-state index is 0. The van der Waals surface area contributed by atoms with E-state index in [9.17, 15) is 0 Å². The van der Waals surface area contributed by atoms with Crippen molar-refractivity contribution in [2.45, 2.75) is 13.8 Å². The molecule has 0 aromatic carbocycles. The predicted octanol–water partition coefficient (Wildman–Crippen LogP) is -3.20. The molecule has 0 saturated carbocycles. The molecule has 0 radical (unpaired) electrons. The fraction of sp³-hybridized carbons (Fsp3) is 0.250. The van der Waals surface area contributed by atoms with Crippen molar-refractivity contribution < 1.29 is 65.7 Å². The molecule has 0 aliphatic carbocycles. The second kappa shape index (κ2) is 57.1. The van der Waals surface area contributed by atoms with Gasteiger partial charge < -0.3 is 24.8 Å². The van der Waals surface area contributed by atoms with Gasteiger partial charge in [-0.1, -0.05) is 0 Å². The maximum atomic E-state index is 3.42. The first-order valence-electron chi connectivity index (χ1n) is 2.64. The third-order valence-corrected chi connectivity index (χ3v) is 0.471. The van der Waals surface area contributed by atoms with Gasteiger partial charge in [-0.15, -0.1) is 13.8 Å². The normalized spacial score (nSPS) is 3.50. The molecule has 0 saturated heterocycles. The van der Waals surface area contributed by atoms with Crippen LogP contribution in [0.2, 0.25) is 0 Å². The van der Waals surface area contributed by atoms with Crippen LogP contribution >= 0.6 is 0 Å². The van der Waals surface area contributed by atoms with E-state index < -0.39 is 0 Å². The third-order valence-electron chi connectivity index (χ3n) is 0.471. The van der Waals surface area contributed by atoms with E-state index in [1.165, 1.54) is 0 Å². The molecule has 0 fully saturated rings. The van der Waals surface area contributed by atoms with Crippen molar-refractivity contribution in [1.82, 2.24) is 0 Å². The van der Waals surface area contributed by atoms with Gasteiger partial charge in [0.2, 0.25) is 0 Å². The topological polar surface area (TPSA) is 0 Å². The zero-order valence-corrected chi connectivity index (χ0v) is 11.7. The fourth-order valence-electron chi connectivity index (χ4n) is 0. The predicted molar refractivity (Wildman–Crippen MR) is 40.3 cm³/mol. The molecule has 0 nitrogen and oxygen atoms in total. The molecule has 0 N–H and O–H groups in total. The summed E-state index contributed by atoms with van der Waals surface area (Å²) in [6.45, 7) is 10.7. The molecule has 0 aliphatic heterocycles. The van der Waals surface area contributed by atoms with Gasteiger partial charge in [0.15, 0.2) is 0 Å². The minimum atomic E-state index is 0. The third kappa shape index (κ3) is 117. The molecule has 0 atom stereocenters. The number of halogens is 2. The molecule has 0 aromatic heterocycles. The number of rotatable bonds is 2. The first-order chi connectivity index (χ1) is 3.83. The summed E-state index contributed by atoms with van der Waals surface area (Å²) in [6.07, 6.45) is 7.28. The van der Waals surface area contributed by atoms with Crippen molar-refractivity contribution in [3.05, 3.63) is 38.2 Å². The fourth-order valence-corrected chi connectivity index (χ4v) is 0. The first-order valence-corrected chi connectivity index (χ1v) is 2.64. The molecule has 0 rings (SSSR count). The zero-order valence-electron chi connectivity index (χ0n) is 7.11. The van der Waals surface area contributed by atoms with Gasteiger partial charge in [0, 0.05) is 0 Å². The summed E-state index contributed by atoms with van der Waals surface area (Å²) >= 11 is 0. The molecule has 0 aliphatic rings. The van der Waals surface area contributed by atoms with Crippen molar-refractivity contribution in [2.24, 2.45) is 0 Å². The Kier molecular flexibility index (Phi) is 181. The van der Waals surface area contributed by atoms with Crippen LogP contribution in [0, 0.1) is 12.8 Å². The van der Waals surface area contributed by atoms with Crippen LogP contribution in [0.4, 0.5) is 0 Å². The van der Waals surface area contributed by atoms with Crippen LogP contribution in [0.5, 0.6) is 0 Å². The van der Waals surface area contributed by atoms with Gasteiger partial charge in [0.05, 0.1) is 0 Å². The maximum Gasteiger partial charge on any atom is 2.00 e. The van der Waals surface area contributed by atoms with Crippen LogP contribution in [0.15, 0.2) is 25.3 Å². The van der Waals surface area contributed by atoms with E-state index >= 15 is 0 Å². The van der Waals surface area contributed by atoms with Crippen LogP contribution in [-0.4, -0.2) is 0 Å². The average Bonchev–Trinajstić information content (AvgIpc) is 1.88. The Balaban J connectivity index is -0.0000000112. The van der Waals surface area contributed by atoms with E-state index in [2.05, 4.69) is 13.2 Å². The van der Waals surface area contributed by atoms with Crippen LogP contribution in [-0.2, 0) is 40.8 Å². The zero-order chi connectivity index (χ0) is 6.83. The molecule has 0 heterocycles. The van der Waals surface area contributed by atoms with E-state index in [-0.39, 0.29) is 65.7 Å². The van der Waals surface area contributed by atoms with Gasteiger partial charge in [-0.05, 0) is 0 Å². The summed E-state index contributed by atoms with van der Waals surface area (Å²) in [5, 5.41) is 0. The second-order valence-corrected chi connectivity index (χ2v) is 1.14. The monoisotopic (exact) mass is 392 g/mol.